The number of ketones is 1. The molecule has 0 aliphatic carbocycles. The highest BCUT2D eigenvalue weighted by atomic mass is 32.2. The van der Waals surface area contributed by atoms with Gasteiger partial charge in [-0.25, -0.2) is 17.6 Å². The lowest BCUT2D eigenvalue weighted by Gasteiger charge is -2.24. The van der Waals surface area contributed by atoms with Crippen molar-refractivity contribution in [2.24, 2.45) is 7.05 Å². The number of halogens is 1. The largest absolute Gasteiger partial charge is 0.461 e. The molecule has 1 atom stereocenters. The molecule has 1 aliphatic rings. The first-order chi connectivity index (χ1) is 15.6. The number of Topliss-reactive ketones (excluding diaryl/α,β-unsaturated/α-hetero) is 1. The minimum Gasteiger partial charge on any atom is -0.461 e. The van der Waals surface area contributed by atoms with Crippen molar-refractivity contribution in [3.63, 3.8) is 0 Å². The van der Waals surface area contributed by atoms with Crippen molar-refractivity contribution in [1.82, 2.24) is 8.87 Å². The van der Waals surface area contributed by atoms with Crippen LogP contribution in [0.1, 0.15) is 51.9 Å². The van der Waals surface area contributed by atoms with Gasteiger partial charge < -0.3 is 14.0 Å². The van der Waals surface area contributed by atoms with Crippen molar-refractivity contribution < 1.29 is 31.9 Å². The molecule has 0 N–H and O–H groups in total. The van der Waals surface area contributed by atoms with Crippen LogP contribution in [0.4, 0.5) is 4.39 Å². The summed E-state index contributed by atoms with van der Waals surface area (Å²) in [6.45, 7) is 5.32. The predicted molar refractivity (Wildman–Crippen MR) is 119 cm³/mol. The highest BCUT2D eigenvalue weighted by Gasteiger charge is 2.33. The number of nitrogens with zero attached hydrogens (tertiary/aromatic N) is 2. The third-order valence-electron chi connectivity index (χ3n) is 5.88. The first-order valence-electron chi connectivity index (χ1n) is 10.8. The zero-order chi connectivity index (χ0) is 24.3. The summed E-state index contributed by atoms with van der Waals surface area (Å²) in [5.74, 6) is -1.55. The Kier molecular flexibility index (Phi) is 7.71. The van der Waals surface area contributed by atoms with Crippen LogP contribution in [0.25, 0.3) is 0 Å². The van der Waals surface area contributed by atoms with Crippen LogP contribution in [0.3, 0.4) is 0 Å². The smallest absolute Gasteiger partial charge is 0.355 e. The maximum atomic E-state index is 13.4. The van der Waals surface area contributed by atoms with Gasteiger partial charge in [0.1, 0.15) is 11.5 Å². The summed E-state index contributed by atoms with van der Waals surface area (Å²) in [6.07, 6.45) is 1.16. The lowest BCUT2D eigenvalue weighted by atomic mass is 10.1. The van der Waals surface area contributed by atoms with Gasteiger partial charge in [-0.15, -0.1) is 0 Å². The molecule has 33 heavy (non-hydrogen) atoms. The van der Waals surface area contributed by atoms with Crippen LogP contribution in [0, 0.1) is 19.7 Å². The van der Waals surface area contributed by atoms with Gasteiger partial charge >= 0.3 is 5.97 Å². The number of ether oxygens (including phenoxy) is 2. The summed E-state index contributed by atoms with van der Waals surface area (Å²) in [6, 6.07) is 4.48. The molecule has 0 saturated carbocycles. The average molecular weight is 481 g/mol. The summed E-state index contributed by atoms with van der Waals surface area (Å²) >= 11 is 0. The van der Waals surface area contributed by atoms with E-state index in [0.29, 0.717) is 24.3 Å². The van der Waals surface area contributed by atoms with Crippen LogP contribution < -0.4 is 0 Å². The molecule has 180 valence electrons. The van der Waals surface area contributed by atoms with Gasteiger partial charge in [-0.3, -0.25) is 4.79 Å². The van der Waals surface area contributed by atoms with E-state index in [2.05, 4.69) is 0 Å². The normalized spacial score (nSPS) is 16.4. The number of carbonyl (C=O) groups excluding carboxylic acids is 2. The zero-order valence-corrected chi connectivity index (χ0v) is 20.1. The Morgan fingerprint density at radius 3 is 2.48 bits per heavy atom. The van der Waals surface area contributed by atoms with E-state index in [9.17, 15) is 22.4 Å². The lowest BCUT2D eigenvalue weighted by Crippen LogP contribution is -2.41. The maximum Gasteiger partial charge on any atom is 0.355 e. The fourth-order valence-electron chi connectivity index (χ4n) is 4.14. The monoisotopic (exact) mass is 480 g/mol. The Morgan fingerprint density at radius 1 is 1.24 bits per heavy atom. The van der Waals surface area contributed by atoms with Gasteiger partial charge in [-0.1, -0.05) is 0 Å². The summed E-state index contributed by atoms with van der Waals surface area (Å²) in [5, 5.41) is 0. The van der Waals surface area contributed by atoms with Crippen molar-refractivity contribution in [2.75, 3.05) is 26.3 Å². The Bertz CT molecular complexity index is 1130. The van der Waals surface area contributed by atoms with E-state index < -0.39 is 34.1 Å². The van der Waals surface area contributed by atoms with Gasteiger partial charge in [0.05, 0.1) is 24.2 Å². The van der Waals surface area contributed by atoms with Crippen LogP contribution in [0.2, 0.25) is 0 Å². The fourth-order valence-corrected chi connectivity index (χ4v) is 5.56. The number of esters is 1. The lowest BCUT2D eigenvalue weighted by molar-refractivity contribution is 0.0514. The minimum absolute atomic E-state index is 0.00110. The van der Waals surface area contributed by atoms with Gasteiger partial charge in [-0.2, -0.15) is 4.31 Å². The molecule has 0 unspecified atom stereocenters. The summed E-state index contributed by atoms with van der Waals surface area (Å²) < 4.78 is 53.4. The van der Waals surface area contributed by atoms with Crippen molar-refractivity contribution >= 4 is 21.8 Å². The Morgan fingerprint density at radius 2 is 1.91 bits per heavy atom. The number of rotatable bonds is 9. The highest BCUT2D eigenvalue weighted by Crippen LogP contribution is 2.25. The molecule has 1 saturated heterocycles. The molecule has 1 aromatic carbocycles. The van der Waals surface area contributed by atoms with E-state index in [1.54, 1.807) is 32.4 Å². The molecule has 2 heterocycles. The second-order valence-electron chi connectivity index (χ2n) is 8.02. The minimum atomic E-state index is -4.09. The fraction of sp³-hybridized carbons (Fsp3) is 0.478. The second-order valence-corrected chi connectivity index (χ2v) is 9.96. The van der Waals surface area contributed by atoms with E-state index >= 15 is 0 Å². The predicted octanol–water partition coefficient (Wildman–Crippen LogP) is 3.01. The number of hydrogen-bond donors (Lipinski definition) is 0. The van der Waals surface area contributed by atoms with E-state index in [1.807, 2.05) is 0 Å². The highest BCUT2D eigenvalue weighted by molar-refractivity contribution is 7.89. The third-order valence-corrected chi connectivity index (χ3v) is 7.71. The standard InChI is InChI=1S/C23H29FN2O6S/c1-5-31-23(28)22-15(2)21(16(3)25(22)4)20(27)14-26(13-18-7-6-12-32-18)33(29,30)19-10-8-17(24)9-11-19/h8-11,18H,5-7,12-14H2,1-4H3/t18-/m0/s1. The third kappa shape index (κ3) is 5.18. The summed E-state index contributed by atoms with van der Waals surface area (Å²) in [4.78, 5) is 25.7. The van der Waals surface area contributed by atoms with Crippen LogP contribution in [-0.4, -0.2) is 61.4 Å². The Hall–Kier alpha value is -2.56. The quantitative estimate of drug-likeness (QED) is 0.405. The van der Waals surface area contributed by atoms with E-state index in [-0.39, 0.29) is 35.4 Å². The Labute approximate surface area is 193 Å². The Balaban J connectivity index is 1.96. The number of benzene rings is 1. The number of sulfonamides is 1. The van der Waals surface area contributed by atoms with Gasteiger partial charge in [0, 0.05) is 31.5 Å². The molecule has 0 bridgehead atoms. The molecule has 0 radical (unpaired) electrons. The molecule has 10 heteroatoms. The molecular formula is C23H29FN2O6S. The molecule has 0 amide bonds. The maximum absolute atomic E-state index is 13.4. The van der Waals surface area contributed by atoms with Crippen molar-refractivity contribution in [3.8, 4) is 0 Å². The van der Waals surface area contributed by atoms with Crippen molar-refractivity contribution in [3.05, 3.63) is 52.6 Å². The van der Waals surface area contributed by atoms with Crippen LogP contribution in [0.15, 0.2) is 29.2 Å². The van der Waals surface area contributed by atoms with Crippen LogP contribution in [0.5, 0.6) is 0 Å². The molecule has 1 aromatic heterocycles. The second kappa shape index (κ2) is 10.1. The van der Waals surface area contributed by atoms with E-state index in [4.69, 9.17) is 9.47 Å². The zero-order valence-electron chi connectivity index (χ0n) is 19.3. The van der Waals surface area contributed by atoms with E-state index in [0.717, 1.165) is 22.9 Å². The van der Waals surface area contributed by atoms with Crippen molar-refractivity contribution in [1.29, 1.82) is 0 Å². The molecule has 1 fully saturated rings. The van der Waals surface area contributed by atoms with Gasteiger partial charge in [0.2, 0.25) is 10.0 Å². The van der Waals surface area contributed by atoms with Gasteiger partial charge in [0.15, 0.2) is 5.78 Å². The number of aromatic nitrogens is 1. The van der Waals surface area contributed by atoms with Crippen LogP contribution in [-0.2, 0) is 26.5 Å². The topological polar surface area (TPSA) is 94.9 Å². The number of carbonyl (C=O) groups is 2. The molecule has 0 spiro atoms. The average Bonchev–Trinajstić information content (AvgIpc) is 3.34. The summed E-state index contributed by atoms with van der Waals surface area (Å²) in [7, 11) is -2.44. The van der Waals surface area contributed by atoms with Crippen molar-refractivity contribution in [2.45, 2.75) is 44.6 Å². The molecular weight excluding hydrogens is 451 g/mol. The molecule has 3 rings (SSSR count). The van der Waals surface area contributed by atoms with Crippen LogP contribution >= 0.6 is 0 Å². The van der Waals surface area contributed by atoms with E-state index in [1.165, 1.54) is 12.1 Å². The first kappa shape index (κ1) is 25.1. The molecule has 8 nitrogen and oxygen atoms in total. The first-order valence-corrected chi connectivity index (χ1v) is 12.2. The summed E-state index contributed by atoms with van der Waals surface area (Å²) in [5.41, 5.74) is 1.52. The van der Waals surface area contributed by atoms with Gasteiger partial charge in [-0.05, 0) is 63.4 Å². The van der Waals surface area contributed by atoms with Gasteiger partial charge in [0.25, 0.3) is 0 Å². The molecule has 1 aliphatic heterocycles. The SMILES string of the molecule is CCOC(=O)c1c(C)c(C(=O)CN(C[C@@H]2CCCO2)S(=O)(=O)c2ccc(F)cc2)c(C)n1C. The number of hydrogen-bond acceptors (Lipinski definition) is 6. The molecule has 2 aromatic rings.